The molecule has 0 N–H and O–H groups in total. The Kier molecular flexibility index (Phi) is 4.04. The summed E-state index contributed by atoms with van der Waals surface area (Å²) in [5.74, 6) is 1.57. The Balaban J connectivity index is 0.000000640. The third-order valence-electron chi connectivity index (χ3n) is 1.16. The van der Waals surface area contributed by atoms with Crippen LogP contribution in [0.1, 0.15) is 13.8 Å². The molecule has 0 aromatic rings. The van der Waals surface area contributed by atoms with Crippen molar-refractivity contribution < 1.29 is 19.5 Å². The third kappa shape index (κ3) is 2.44. The topological polar surface area (TPSA) is 26.5 Å². The summed E-state index contributed by atoms with van der Waals surface area (Å²) >= 11 is 0. The van der Waals surface area contributed by atoms with Gasteiger partial charge < -0.3 is 10.3 Å². The Morgan fingerprint density at radius 1 is 1.56 bits per heavy atom. The van der Waals surface area contributed by atoms with Crippen molar-refractivity contribution in [1.29, 1.82) is 0 Å². The van der Waals surface area contributed by atoms with Crippen molar-refractivity contribution in [3.05, 3.63) is 5.32 Å². The van der Waals surface area contributed by atoms with Crippen LogP contribution < -0.4 is 0 Å². The molecule has 0 spiro atoms. The number of aliphatic imine (C=N–C) groups is 1. The predicted molar refractivity (Wildman–Crippen MR) is 35.4 cm³/mol. The van der Waals surface area contributed by atoms with Gasteiger partial charge in [0.1, 0.15) is 0 Å². The molecule has 0 aliphatic carbocycles. The standard InChI is InChI=1S/C6H11N2.Rh/c1-5(2)6-7-3-4-8-6;/h5H,3-4H2,1-2H3;/q-1;. The summed E-state index contributed by atoms with van der Waals surface area (Å²) in [6.45, 7) is 6.06. The maximum absolute atomic E-state index is 4.19. The second-order valence-corrected chi connectivity index (χ2v) is 2.28. The van der Waals surface area contributed by atoms with Crippen LogP contribution in [-0.2, 0) is 19.5 Å². The van der Waals surface area contributed by atoms with Gasteiger partial charge in [0.25, 0.3) is 0 Å². The van der Waals surface area contributed by atoms with Crippen molar-refractivity contribution >= 4 is 5.84 Å². The van der Waals surface area contributed by atoms with E-state index >= 15 is 0 Å². The van der Waals surface area contributed by atoms with Crippen molar-refractivity contribution in [2.24, 2.45) is 10.9 Å². The van der Waals surface area contributed by atoms with Gasteiger partial charge in [0.05, 0.1) is 0 Å². The summed E-state index contributed by atoms with van der Waals surface area (Å²) in [6, 6.07) is 0. The van der Waals surface area contributed by atoms with Crippen LogP contribution in [0.4, 0.5) is 0 Å². The Morgan fingerprint density at radius 3 is 2.44 bits per heavy atom. The molecule has 0 aromatic carbocycles. The molecule has 0 amide bonds. The summed E-state index contributed by atoms with van der Waals surface area (Å²) in [5.41, 5.74) is 0. The molecule has 1 heterocycles. The zero-order valence-corrected chi connectivity index (χ0v) is 7.36. The van der Waals surface area contributed by atoms with Crippen LogP contribution in [0.15, 0.2) is 4.99 Å². The number of nitrogens with zero attached hydrogens (tertiary/aromatic N) is 2. The molecule has 0 bridgehead atoms. The van der Waals surface area contributed by atoms with Crippen molar-refractivity contribution in [3.63, 3.8) is 0 Å². The molecule has 0 saturated heterocycles. The fraction of sp³-hybridized carbons (Fsp3) is 0.833. The molecule has 1 radical (unpaired) electrons. The fourth-order valence-electron chi connectivity index (χ4n) is 0.744. The van der Waals surface area contributed by atoms with Gasteiger partial charge in [0.15, 0.2) is 0 Å². The average molecular weight is 214 g/mol. The Bertz CT molecular complexity index is 110. The molecule has 0 saturated carbocycles. The van der Waals surface area contributed by atoms with E-state index in [-0.39, 0.29) is 19.5 Å². The van der Waals surface area contributed by atoms with Crippen molar-refractivity contribution in [3.8, 4) is 0 Å². The maximum atomic E-state index is 4.19. The van der Waals surface area contributed by atoms with Crippen LogP contribution in [-0.4, -0.2) is 18.9 Å². The third-order valence-corrected chi connectivity index (χ3v) is 1.16. The first-order valence-electron chi connectivity index (χ1n) is 3.02. The van der Waals surface area contributed by atoms with Crippen LogP contribution in [0, 0.1) is 5.92 Å². The Morgan fingerprint density at radius 2 is 2.22 bits per heavy atom. The molecule has 2 nitrogen and oxygen atoms in total. The zero-order chi connectivity index (χ0) is 5.98. The van der Waals surface area contributed by atoms with Gasteiger partial charge in [-0.25, -0.2) is 0 Å². The van der Waals surface area contributed by atoms with Gasteiger partial charge in [-0.3, -0.25) is 0 Å². The molecular weight excluding hydrogens is 203 g/mol. The molecule has 55 valence electrons. The van der Waals surface area contributed by atoms with Crippen LogP contribution in [0.3, 0.4) is 0 Å². The molecule has 1 aliphatic rings. The van der Waals surface area contributed by atoms with E-state index in [1.165, 1.54) is 0 Å². The van der Waals surface area contributed by atoms with E-state index in [0.29, 0.717) is 5.92 Å². The van der Waals surface area contributed by atoms with Crippen molar-refractivity contribution in [2.45, 2.75) is 13.8 Å². The van der Waals surface area contributed by atoms with E-state index in [1.807, 2.05) is 0 Å². The predicted octanol–water partition coefficient (Wildman–Crippen LogP) is 1.43. The minimum absolute atomic E-state index is 0. The Labute approximate surface area is 68.9 Å². The van der Waals surface area contributed by atoms with Gasteiger partial charge in [0, 0.05) is 19.5 Å². The normalized spacial score (nSPS) is 16.6. The molecule has 0 unspecified atom stereocenters. The summed E-state index contributed by atoms with van der Waals surface area (Å²) in [7, 11) is 0. The molecule has 0 fully saturated rings. The first kappa shape index (κ1) is 9.09. The van der Waals surface area contributed by atoms with Crippen LogP contribution in [0.25, 0.3) is 5.32 Å². The molecule has 0 atom stereocenters. The van der Waals surface area contributed by atoms with Gasteiger partial charge in [-0.05, 0) is 5.92 Å². The van der Waals surface area contributed by atoms with E-state index < -0.39 is 0 Å². The second kappa shape index (κ2) is 4.00. The molecule has 1 rings (SSSR count). The van der Waals surface area contributed by atoms with Gasteiger partial charge in [-0.1, -0.05) is 32.8 Å². The molecule has 1 aliphatic heterocycles. The Hall–Kier alpha value is 0.0934. The minimum Gasteiger partial charge on any atom is -0.469 e. The summed E-state index contributed by atoms with van der Waals surface area (Å²) < 4.78 is 0. The summed E-state index contributed by atoms with van der Waals surface area (Å²) in [4.78, 5) is 4.19. The van der Waals surface area contributed by atoms with E-state index in [1.54, 1.807) is 0 Å². The largest absolute Gasteiger partial charge is 0.469 e. The first-order chi connectivity index (χ1) is 3.80. The van der Waals surface area contributed by atoms with Gasteiger partial charge in [-0.2, -0.15) is 0 Å². The van der Waals surface area contributed by atoms with Gasteiger partial charge >= 0.3 is 0 Å². The van der Waals surface area contributed by atoms with Gasteiger partial charge in [0.2, 0.25) is 0 Å². The van der Waals surface area contributed by atoms with Crippen LogP contribution >= 0.6 is 0 Å². The molecule has 9 heavy (non-hydrogen) atoms. The van der Waals surface area contributed by atoms with Crippen molar-refractivity contribution in [1.82, 2.24) is 0 Å². The molecule has 0 aromatic heterocycles. The molecular formula is C6H11N2Rh-. The maximum Gasteiger partial charge on any atom is 0 e. The fourth-order valence-corrected chi connectivity index (χ4v) is 0.744. The number of rotatable bonds is 1. The first-order valence-corrected chi connectivity index (χ1v) is 3.02. The summed E-state index contributed by atoms with van der Waals surface area (Å²) in [5, 5.41) is 4.19. The van der Waals surface area contributed by atoms with E-state index in [4.69, 9.17) is 0 Å². The van der Waals surface area contributed by atoms with Crippen molar-refractivity contribution in [2.75, 3.05) is 13.1 Å². The minimum atomic E-state index is 0. The number of hydrogen-bond acceptors (Lipinski definition) is 1. The SMILES string of the molecule is CC(C)C1=NCC[N-]1.[Rh]. The van der Waals surface area contributed by atoms with E-state index in [2.05, 4.69) is 24.2 Å². The zero-order valence-electron chi connectivity index (χ0n) is 5.72. The number of amidine groups is 1. The van der Waals surface area contributed by atoms with E-state index in [0.717, 1.165) is 18.9 Å². The van der Waals surface area contributed by atoms with Crippen LogP contribution in [0.5, 0.6) is 0 Å². The average Bonchev–Trinajstić information content (AvgIpc) is 2.12. The number of hydrogen-bond donors (Lipinski definition) is 0. The smallest absolute Gasteiger partial charge is 0 e. The second-order valence-electron chi connectivity index (χ2n) is 2.28. The molecule has 3 heteroatoms. The summed E-state index contributed by atoms with van der Waals surface area (Å²) in [6.07, 6.45) is 0. The van der Waals surface area contributed by atoms with E-state index in [9.17, 15) is 0 Å². The van der Waals surface area contributed by atoms with Crippen LogP contribution in [0.2, 0.25) is 0 Å². The van der Waals surface area contributed by atoms with Gasteiger partial charge in [-0.15, -0.1) is 0 Å². The monoisotopic (exact) mass is 214 g/mol. The quantitative estimate of drug-likeness (QED) is 0.590.